The summed E-state index contributed by atoms with van der Waals surface area (Å²) in [5, 5.41) is 10.4. The molecule has 1 aliphatic rings. The van der Waals surface area contributed by atoms with Gasteiger partial charge in [0.2, 0.25) is 0 Å². The number of hydrogen-bond acceptors (Lipinski definition) is 2. The van der Waals surface area contributed by atoms with E-state index < -0.39 is 0 Å². The Labute approximate surface area is 665 Å². The van der Waals surface area contributed by atoms with Crippen LogP contribution in [-0.2, 0) is 5.41 Å². The summed E-state index contributed by atoms with van der Waals surface area (Å²) in [6, 6.07) is 127. The molecule has 18 aromatic rings. The Morgan fingerprint density at radius 3 is 0.927 bits per heavy atom. The van der Waals surface area contributed by atoms with Gasteiger partial charge in [0.1, 0.15) is 11.2 Å². The molecule has 0 atom stereocenters. The first-order valence-corrected chi connectivity index (χ1v) is 39.8. The van der Waals surface area contributed by atoms with Crippen molar-refractivity contribution in [1.82, 2.24) is 4.57 Å². The molecular weight excluding hydrogens is 1340 g/mol. The van der Waals surface area contributed by atoms with Gasteiger partial charge in [-0.15, -0.1) is 11.3 Å². The highest BCUT2D eigenvalue weighted by atomic mass is 32.1. The summed E-state index contributed by atoms with van der Waals surface area (Å²) in [6.07, 6.45) is 0. The highest BCUT2D eigenvalue weighted by Crippen LogP contribution is 2.48. The van der Waals surface area contributed by atoms with E-state index in [-0.39, 0.29) is 35.6 Å². The van der Waals surface area contributed by atoms with Crippen LogP contribution >= 0.6 is 11.3 Å². The van der Waals surface area contributed by atoms with E-state index >= 15 is 0 Å². The SMILES string of the molecule is CC.CC.CC.CC.CC.CC.CC.CC1(C)c2ccccc2-c2ccccc21.[2H]c1c([2H])c([2H])c(C)c([2H])c1[2H].c1ccc(-c2ccccc2)cc1.c1ccc(-n2c3ccccc3c3ccccc32)cc1.c1ccc2c(c1)oc1ccccc12.c1ccc2c(c1)sc1ccccc12.c1ccc2ccccc2c1.c1ccccc1. The lowest BCUT2D eigenvalue weighted by molar-refractivity contribution is 0.660. The van der Waals surface area contributed by atoms with Crippen LogP contribution in [0.2, 0.25) is 0 Å². The third-order valence-electron chi connectivity index (χ3n) is 16.5. The lowest BCUT2D eigenvalue weighted by atomic mass is 9.82. The molecule has 0 amide bonds. The van der Waals surface area contributed by atoms with Crippen LogP contribution in [0.4, 0.5) is 0 Å². The van der Waals surface area contributed by atoms with Crippen molar-refractivity contribution in [3.63, 3.8) is 0 Å². The Morgan fingerprint density at radius 1 is 0.275 bits per heavy atom. The number of aromatic nitrogens is 1. The molecule has 3 aromatic heterocycles. The van der Waals surface area contributed by atoms with Gasteiger partial charge in [-0.3, -0.25) is 0 Å². The molecule has 3 heterocycles. The molecule has 19 rings (SSSR count). The molecule has 109 heavy (non-hydrogen) atoms. The first-order valence-electron chi connectivity index (χ1n) is 41.5. The minimum Gasteiger partial charge on any atom is -0.456 e. The zero-order valence-electron chi connectivity index (χ0n) is 72.5. The van der Waals surface area contributed by atoms with Crippen molar-refractivity contribution in [3.8, 4) is 27.9 Å². The fourth-order valence-corrected chi connectivity index (χ4v) is 13.0. The highest BCUT2D eigenvalue weighted by molar-refractivity contribution is 7.25. The second kappa shape index (κ2) is 50.8. The fraction of sp³-hybridized carbons (Fsp3) is 0.170. The molecule has 558 valence electrons. The topological polar surface area (TPSA) is 18.1 Å². The summed E-state index contributed by atoms with van der Waals surface area (Å²) in [4.78, 5) is 0. The zero-order valence-corrected chi connectivity index (χ0v) is 68.3. The van der Waals surface area contributed by atoms with Crippen molar-refractivity contribution in [2.24, 2.45) is 0 Å². The van der Waals surface area contributed by atoms with Gasteiger partial charge in [-0.2, -0.15) is 0 Å². The van der Waals surface area contributed by atoms with Gasteiger partial charge in [0.25, 0.3) is 0 Å². The van der Waals surface area contributed by atoms with Gasteiger partial charge in [-0.1, -0.05) is 468 Å². The van der Waals surface area contributed by atoms with Gasteiger partial charge in [0.05, 0.1) is 17.9 Å². The van der Waals surface area contributed by atoms with Crippen LogP contribution in [0.1, 0.15) is 134 Å². The summed E-state index contributed by atoms with van der Waals surface area (Å²) in [7, 11) is 0. The van der Waals surface area contributed by atoms with Crippen LogP contribution in [0.25, 0.3) is 103 Å². The third-order valence-corrected chi connectivity index (χ3v) is 17.6. The summed E-state index contributed by atoms with van der Waals surface area (Å²) >= 11 is 1.86. The van der Waals surface area contributed by atoms with Gasteiger partial charge >= 0.3 is 0 Å². The summed E-state index contributed by atoms with van der Waals surface area (Å²) in [6.45, 7) is 34.1. The van der Waals surface area contributed by atoms with E-state index in [2.05, 4.69) is 304 Å². The van der Waals surface area contributed by atoms with Gasteiger partial charge in [0.15, 0.2) is 0 Å². The standard InChI is InChI=1S/C18H13N.C15H14.C12H8O.C12H8S.C12H10.C10H8.C7H8.C6H6.7C2H6/c1-2-8-14(9-3-1)19-17-12-6-4-10-15(17)16-11-5-7-13-18(16)19;1-15(2)13-9-5-3-7-11(13)12-8-4-6-10-14(12)15;2*1-3-7-11-9(5-1)10-6-2-4-8-12(10)13-11;1-3-7-11(8-4-1)12-9-5-2-6-10-12;1-2-6-10-8-4-3-7-9(10)5-1;1-7-5-3-2-4-6-7;1-2-4-6-5-3-1;7*1-2/h1-13H;3-10H,1-2H3;2*1-8H;1-10H;1-8H;2-6H,1H3;1-6H;7*1-2H3/i;;;;;;2D,3D,4D,5D,6D;;;;;;;;. The number of nitrogens with zero attached hydrogens (tertiary/aromatic N) is 1. The lowest BCUT2D eigenvalue weighted by Gasteiger charge is -2.20. The lowest BCUT2D eigenvalue weighted by Crippen LogP contribution is -2.14. The maximum absolute atomic E-state index is 7.31. The van der Waals surface area contributed by atoms with Crippen LogP contribution in [0.3, 0.4) is 0 Å². The molecule has 2 nitrogen and oxygen atoms in total. The zero-order chi connectivity index (χ0) is 83.2. The van der Waals surface area contributed by atoms with Crippen LogP contribution in [0.15, 0.2) is 405 Å². The molecule has 0 spiro atoms. The quantitative estimate of drug-likeness (QED) is 0.169. The van der Waals surface area contributed by atoms with E-state index in [0.717, 1.165) is 11.2 Å². The number of hydrogen-bond donors (Lipinski definition) is 0. The second-order valence-corrected chi connectivity index (χ2v) is 24.2. The van der Waals surface area contributed by atoms with Gasteiger partial charge in [-0.25, -0.2) is 0 Å². The maximum Gasteiger partial charge on any atom is 0.135 e. The molecule has 0 saturated heterocycles. The van der Waals surface area contributed by atoms with Crippen molar-refractivity contribution in [2.75, 3.05) is 0 Å². The summed E-state index contributed by atoms with van der Waals surface area (Å²) < 4.78 is 47.1. The Balaban J connectivity index is 0.000000230. The van der Waals surface area contributed by atoms with Crippen molar-refractivity contribution in [1.29, 1.82) is 0 Å². The van der Waals surface area contributed by atoms with E-state index in [0.29, 0.717) is 5.56 Å². The molecule has 0 unspecified atom stereocenters. The Morgan fingerprint density at radius 2 is 0.550 bits per heavy atom. The monoisotopic (exact) mass is 1460 g/mol. The minimum atomic E-state index is -0.337. The molecule has 0 radical (unpaired) electrons. The van der Waals surface area contributed by atoms with Crippen LogP contribution in [0, 0.1) is 6.92 Å². The predicted molar refractivity (Wildman–Crippen MR) is 491 cm³/mol. The van der Waals surface area contributed by atoms with E-state index in [1.165, 1.54) is 110 Å². The smallest absolute Gasteiger partial charge is 0.135 e. The van der Waals surface area contributed by atoms with E-state index in [9.17, 15) is 0 Å². The number of fused-ring (bicyclic) bond motifs is 13. The van der Waals surface area contributed by atoms with Crippen molar-refractivity contribution in [3.05, 3.63) is 417 Å². The molecule has 1 aliphatic carbocycles. The molecule has 0 aliphatic heterocycles. The molecule has 15 aromatic carbocycles. The second-order valence-electron chi connectivity index (χ2n) is 23.1. The van der Waals surface area contributed by atoms with Gasteiger partial charge < -0.3 is 8.98 Å². The van der Waals surface area contributed by atoms with E-state index in [1.54, 1.807) is 0 Å². The number of thiophene rings is 1. The molecule has 0 saturated carbocycles. The predicted octanol–water partition coefficient (Wildman–Crippen LogP) is 33.5. The van der Waals surface area contributed by atoms with Gasteiger partial charge in [0, 0.05) is 52.8 Å². The average molecular weight is 1460 g/mol. The van der Waals surface area contributed by atoms with E-state index in [4.69, 9.17) is 11.3 Å². The maximum atomic E-state index is 7.31. The fourth-order valence-electron chi connectivity index (χ4n) is 11.9. The number of benzene rings is 15. The van der Waals surface area contributed by atoms with Crippen molar-refractivity contribution >= 4 is 86.0 Å². The number of para-hydroxylation sites is 5. The number of furan rings is 1. The average Bonchev–Trinajstić information content (AvgIpc) is 1.63. The molecule has 0 fully saturated rings. The normalized spacial score (nSPS) is 10.8. The van der Waals surface area contributed by atoms with Crippen LogP contribution in [-0.4, -0.2) is 4.57 Å². The van der Waals surface area contributed by atoms with E-state index in [1.807, 2.05) is 193 Å². The van der Waals surface area contributed by atoms with Crippen LogP contribution in [0.5, 0.6) is 0 Å². The van der Waals surface area contributed by atoms with Crippen molar-refractivity contribution < 1.29 is 11.3 Å². The first-order chi connectivity index (χ1) is 56.0. The number of rotatable bonds is 2. The Hall–Kier alpha value is -11.6. The molecule has 0 bridgehead atoms. The largest absolute Gasteiger partial charge is 0.456 e. The summed E-state index contributed by atoms with van der Waals surface area (Å²) in [5.74, 6) is 0. The van der Waals surface area contributed by atoms with Gasteiger partial charge in [-0.05, 0) is 99.6 Å². The molecular formula is C106H117NOS. The Bertz CT molecular complexity index is 5130. The minimum absolute atomic E-state index is 0.124. The van der Waals surface area contributed by atoms with Crippen LogP contribution < -0.4 is 0 Å². The Kier molecular flexibility index (Phi) is 37.3. The molecule has 3 heteroatoms. The molecule has 0 N–H and O–H groups in total. The third kappa shape index (κ3) is 25.3. The van der Waals surface area contributed by atoms with Crippen molar-refractivity contribution in [2.45, 2.75) is 123 Å². The first kappa shape index (κ1) is 79.9. The summed E-state index contributed by atoms with van der Waals surface area (Å²) in [5.41, 5.74) is 14.4. The highest BCUT2D eigenvalue weighted by Gasteiger charge is 2.34.